The van der Waals surface area contributed by atoms with Crippen molar-refractivity contribution in [3.63, 3.8) is 0 Å². The van der Waals surface area contributed by atoms with Crippen LogP contribution in [0.15, 0.2) is 6.20 Å². The Balaban J connectivity index is 2.98. The lowest BCUT2D eigenvalue weighted by Gasteiger charge is -2.09. The minimum atomic E-state index is -4.42. The molecule has 0 radical (unpaired) electrons. The van der Waals surface area contributed by atoms with Crippen molar-refractivity contribution in [2.45, 2.75) is 19.6 Å². The maximum atomic E-state index is 12.2. The van der Waals surface area contributed by atoms with Gasteiger partial charge in [-0.05, 0) is 29.5 Å². The summed E-state index contributed by atoms with van der Waals surface area (Å²) in [5.74, 6) is -0.798. The minimum absolute atomic E-state index is 0.103. The van der Waals surface area contributed by atoms with E-state index in [2.05, 4.69) is 9.84 Å². The Hall–Kier alpha value is -0.800. The lowest BCUT2D eigenvalue weighted by molar-refractivity contribution is -0.142. The molecule has 0 aliphatic heterocycles. The fourth-order valence-corrected chi connectivity index (χ4v) is 1.68. The van der Waals surface area contributed by atoms with Crippen molar-refractivity contribution in [1.29, 1.82) is 0 Å². The van der Waals surface area contributed by atoms with Gasteiger partial charge in [-0.1, -0.05) is 0 Å². The van der Waals surface area contributed by atoms with Crippen LogP contribution in [0.1, 0.15) is 17.4 Å². The quantitative estimate of drug-likeness (QED) is 0.622. The van der Waals surface area contributed by atoms with Gasteiger partial charge in [0.1, 0.15) is 6.54 Å². The lowest BCUT2D eigenvalue weighted by Crippen LogP contribution is -2.23. The van der Waals surface area contributed by atoms with Crippen molar-refractivity contribution in [2.75, 3.05) is 6.61 Å². The summed E-state index contributed by atoms with van der Waals surface area (Å²) >= 11 is 1.74. The van der Waals surface area contributed by atoms with E-state index in [4.69, 9.17) is 0 Å². The Morgan fingerprint density at radius 2 is 2.25 bits per heavy atom. The van der Waals surface area contributed by atoms with Crippen LogP contribution in [0.3, 0.4) is 0 Å². The summed E-state index contributed by atoms with van der Waals surface area (Å²) in [5.41, 5.74) is -0.167. The molecule has 0 saturated heterocycles. The molecule has 0 bridgehead atoms. The summed E-state index contributed by atoms with van der Waals surface area (Å²) in [4.78, 5) is 11.4. The Labute approximate surface area is 103 Å². The molecule has 1 rings (SSSR count). The largest absolute Gasteiger partial charge is 0.461 e. The lowest BCUT2D eigenvalue weighted by atomic mass is 10.4. The molecular formula is C8H8F3IN2O2. The number of halogens is 4. The van der Waals surface area contributed by atoms with Gasteiger partial charge >= 0.3 is 12.1 Å². The van der Waals surface area contributed by atoms with Crippen molar-refractivity contribution in [3.8, 4) is 0 Å². The average molecular weight is 348 g/mol. The zero-order valence-corrected chi connectivity index (χ0v) is 10.4. The van der Waals surface area contributed by atoms with Crippen LogP contribution in [0.2, 0.25) is 0 Å². The molecule has 0 aliphatic rings. The number of ether oxygens (including phenoxy) is 1. The van der Waals surface area contributed by atoms with Crippen molar-refractivity contribution in [3.05, 3.63) is 15.5 Å². The van der Waals surface area contributed by atoms with E-state index in [-0.39, 0.29) is 12.3 Å². The first-order valence-corrected chi connectivity index (χ1v) is 5.38. The summed E-state index contributed by atoms with van der Waals surface area (Å²) in [6, 6.07) is 0. The normalized spacial score (nSPS) is 11.6. The maximum Gasteiger partial charge on any atom is 0.408 e. The van der Waals surface area contributed by atoms with Crippen LogP contribution in [0.25, 0.3) is 0 Å². The molecule has 0 saturated carbocycles. The molecule has 8 heteroatoms. The molecule has 0 unspecified atom stereocenters. The second-order valence-corrected chi connectivity index (χ2v) is 4.00. The van der Waals surface area contributed by atoms with E-state index >= 15 is 0 Å². The highest BCUT2D eigenvalue weighted by atomic mass is 127. The van der Waals surface area contributed by atoms with Crippen LogP contribution < -0.4 is 0 Å². The van der Waals surface area contributed by atoms with Gasteiger partial charge in [0.05, 0.1) is 16.4 Å². The minimum Gasteiger partial charge on any atom is -0.461 e. The van der Waals surface area contributed by atoms with E-state index in [1.807, 2.05) is 0 Å². The van der Waals surface area contributed by atoms with E-state index in [1.54, 1.807) is 29.5 Å². The molecule has 0 atom stereocenters. The van der Waals surface area contributed by atoms with E-state index in [0.717, 1.165) is 0 Å². The van der Waals surface area contributed by atoms with Gasteiger partial charge in [-0.15, -0.1) is 0 Å². The van der Waals surface area contributed by atoms with Crippen molar-refractivity contribution in [2.24, 2.45) is 0 Å². The highest BCUT2D eigenvalue weighted by molar-refractivity contribution is 14.1. The maximum absolute atomic E-state index is 12.2. The first-order valence-electron chi connectivity index (χ1n) is 4.30. The summed E-state index contributed by atoms with van der Waals surface area (Å²) in [6.07, 6.45) is -3.23. The number of esters is 1. The summed E-state index contributed by atoms with van der Waals surface area (Å²) in [6.45, 7) is 0.380. The number of carbonyl (C=O) groups excluding carboxylic acids is 1. The second-order valence-electron chi connectivity index (χ2n) is 2.83. The standard InChI is InChI=1S/C8H8F3IN2O2/c1-2-16-7(15)6-5(12)3-13-14(6)4-8(9,10)11/h3H,2,4H2,1H3. The molecular weight excluding hydrogens is 340 g/mol. The number of aromatic nitrogens is 2. The Morgan fingerprint density at radius 3 is 2.75 bits per heavy atom. The Bertz CT molecular complexity index is 389. The number of rotatable bonds is 3. The van der Waals surface area contributed by atoms with Gasteiger partial charge in [-0.2, -0.15) is 18.3 Å². The molecule has 90 valence electrons. The third-order valence-electron chi connectivity index (χ3n) is 1.59. The van der Waals surface area contributed by atoms with E-state index < -0.39 is 18.7 Å². The average Bonchev–Trinajstić information content (AvgIpc) is 2.44. The van der Waals surface area contributed by atoms with Crippen molar-refractivity contribution in [1.82, 2.24) is 9.78 Å². The summed E-state index contributed by atoms with van der Waals surface area (Å²) < 4.78 is 42.1. The van der Waals surface area contributed by atoms with E-state index in [9.17, 15) is 18.0 Å². The van der Waals surface area contributed by atoms with Crippen molar-refractivity contribution >= 4 is 28.6 Å². The van der Waals surface area contributed by atoms with Gasteiger partial charge in [0.25, 0.3) is 0 Å². The highest BCUT2D eigenvalue weighted by Gasteiger charge is 2.31. The van der Waals surface area contributed by atoms with Gasteiger partial charge in [0.15, 0.2) is 5.69 Å². The number of hydrogen-bond donors (Lipinski definition) is 0. The van der Waals surface area contributed by atoms with Gasteiger partial charge in [0, 0.05) is 0 Å². The molecule has 0 aromatic carbocycles. The van der Waals surface area contributed by atoms with Crippen LogP contribution in [0, 0.1) is 3.57 Å². The molecule has 1 aromatic heterocycles. The topological polar surface area (TPSA) is 44.1 Å². The third kappa shape index (κ3) is 3.35. The van der Waals surface area contributed by atoms with Crippen LogP contribution in [-0.4, -0.2) is 28.5 Å². The fraction of sp³-hybridized carbons (Fsp3) is 0.500. The predicted octanol–water partition coefficient (Wildman–Crippen LogP) is 2.23. The Morgan fingerprint density at radius 1 is 1.62 bits per heavy atom. The molecule has 4 nitrogen and oxygen atoms in total. The van der Waals surface area contributed by atoms with Gasteiger partial charge in [-0.3, -0.25) is 0 Å². The zero-order chi connectivity index (χ0) is 12.3. The number of hydrogen-bond acceptors (Lipinski definition) is 3. The van der Waals surface area contributed by atoms with Crippen LogP contribution in [-0.2, 0) is 11.3 Å². The zero-order valence-electron chi connectivity index (χ0n) is 8.21. The van der Waals surface area contributed by atoms with E-state index in [0.29, 0.717) is 8.25 Å². The number of alkyl halides is 3. The molecule has 0 aliphatic carbocycles. The SMILES string of the molecule is CCOC(=O)c1c(I)cnn1CC(F)(F)F. The molecule has 0 N–H and O–H groups in total. The number of carbonyl (C=O) groups is 1. The fourth-order valence-electron chi connectivity index (χ4n) is 1.05. The third-order valence-corrected chi connectivity index (χ3v) is 2.38. The molecule has 0 amide bonds. The smallest absolute Gasteiger partial charge is 0.408 e. The predicted molar refractivity (Wildman–Crippen MR) is 57.0 cm³/mol. The van der Waals surface area contributed by atoms with Crippen LogP contribution >= 0.6 is 22.6 Å². The molecule has 1 aromatic rings. The van der Waals surface area contributed by atoms with Gasteiger partial charge in [-0.25, -0.2) is 9.48 Å². The number of nitrogens with zero attached hydrogens (tertiary/aromatic N) is 2. The molecule has 0 fully saturated rings. The molecule has 1 heterocycles. The van der Waals surface area contributed by atoms with Crippen molar-refractivity contribution < 1.29 is 22.7 Å². The summed E-state index contributed by atoms with van der Waals surface area (Å²) in [7, 11) is 0. The summed E-state index contributed by atoms with van der Waals surface area (Å²) in [5, 5.41) is 3.49. The molecule has 16 heavy (non-hydrogen) atoms. The first kappa shape index (κ1) is 13.3. The van der Waals surface area contributed by atoms with Crippen LogP contribution in [0.4, 0.5) is 13.2 Å². The Kier molecular flexibility index (Phi) is 4.16. The van der Waals surface area contributed by atoms with E-state index in [1.165, 1.54) is 6.20 Å². The van der Waals surface area contributed by atoms with Gasteiger partial charge < -0.3 is 4.74 Å². The van der Waals surface area contributed by atoms with Gasteiger partial charge in [0.2, 0.25) is 0 Å². The first-order chi connectivity index (χ1) is 7.35. The second kappa shape index (κ2) is 5.02. The monoisotopic (exact) mass is 348 g/mol. The highest BCUT2D eigenvalue weighted by Crippen LogP contribution is 2.20. The molecule has 0 spiro atoms. The van der Waals surface area contributed by atoms with Crippen LogP contribution in [0.5, 0.6) is 0 Å².